The third-order valence-corrected chi connectivity index (χ3v) is 6.41. The molecule has 12 heteroatoms. The van der Waals surface area contributed by atoms with Crippen LogP contribution in [0.25, 0.3) is 0 Å². The van der Waals surface area contributed by atoms with Crippen LogP contribution in [0.2, 0.25) is 0 Å². The molecule has 0 fully saturated rings. The van der Waals surface area contributed by atoms with Gasteiger partial charge in [0.2, 0.25) is 21.8 Å². The molecule has 0 saturated carbocycles. The summed E-state index contributed by atoms with van der Waals surface area (Å²) in [6.07, 6.45) is 2.49. The number of sulfonamides is 1. The number of non-ortho nitro benzene ring substituents is 1. The minimum absolute atomic E-state index is 0.0585. The zero-order valence-electron chi connectivity index (χ0n) is 19.8. The predicted octanol–water partition coefficient (Wildman–Crippen LogP) is 2.83. The van der Waals surface area contributed by atoms with Crippen LogP contribution in [-0.2, 0) is 26.2 Å². The average molecular weight is 509 g/mol. The van der Waals surface area contributed by atoms with Crippen LogP contribution in [0.1, 0.15) is 32.3 Å². The van der Waals surface area contributed by atoms with Gasteiger partial charge in [-0.25, -0.2) is 12.8 Å². The van der Waals surface area contributed by atoms with Crippen LogP contribution in [0.5, 0.6) is 0 Å². The van der Waals surface area contributed by atoms with Gasteiger partial charge in [-0.1, -0.05) is 31.5 Å². The summed E-state index contributed by atoms with van der Waals surface area (Å²) in [5.74, 6) is -1.59. The molecule has 0 bridgehead atoms. The molecule has 0 aliphatic heterocycles. The summed E-state index contributed by atoms with van der Waals surface area (Å²) >= 11 is 0. The number of unbranched alkanes of at least 4 members (excludes halogenated alkanes) is 1. The topological polar surface area (TPSA) is 130 Å². The Labute approximate surface area is 203 Å². The maximum atomic E-state index is 13.4. The highest BCUT2D eigenvalue weighted by atomic mass is 32.2. The number of nitrogens with one attached hydrogen (secondary N) is 1. The molecule has 0 saturated heterocycles. The first kappa shape index (κ1) is 27.7. The van der Waals surface area contributed by atoms with Crippen molar-refractivity contribution in [1.29, 1.82) is 0 Å². The number of carbonyl (C=O) groups excluding carboxylic acids is 2. The number of anilines is 1. The van der Waals surface area contributed by atoms with Crippen molar-refractivity contribution < 1.29 is 27.3 Å². The largest absolute Gasteiger partial charge is 0.354 e. The minimum Gasteiger partial charge on any atom is -0.354 e. The van der Waals surface area contributed by atoms with Gasteiger partial charge >= 0.3 is 0 Å². The Morgan fingerprint density at radius 1 is 1.17 bits per heavy atom. The standard InChI is InChI=1S/C23H29FN4O6S/c1-4-5-13-25-23(30)17(2)26(15-18-9-11-19(24)12-10-18)22(29)16-27(35(3,33)34)20-7-6-8-21(14-20)28(31)32/h6-12,14,17H,4-5,13,15-16H2,1-3H3,(H,25,30). The molecule has 190 valence electrons. The maximum Gasteiger partial charge on any atom is 0.271 e. The van der Waals surface area contributed by atoms with E-state index >= 15 is 0 Å². The number of hydrogen-bond donors (Lipinski definition) is 1. The molecule has 0 radical (unpaired) electrons. The summed E-state index contributed by atoms with van der Waals surface area (Å²) in [4.78, 5) is 37.8. The lowest BCUT2D eigenvalue weighted by Crippen LogP contribution is -2.51. The second-order valence-corrected chi connectivity index (χ2v) is 9.92. The van der Waals surface area contributed by atoms with E-state index in [1.54, 1.807) is 0 Å². The maximum absolute atomic E-state index is 13.4. The first-order chi connectivity index (χ1) is 16.4. The van der Waals surface area contributed by atoms with E-state index in [2.05, 4.69) is 5.32 Å². The van der Waals surface area contributed by atoms with E-state index in [9.17, 15) is 32.5 Å². The summed E-state index contributed by atoms with van der Waals surface area (Å²) < 4.78 is 39.1. The molecule has 2 aromatic rings. The van der Waals surface area contributed by atoms with Gasteiger partial charge in [0.15, 0.2) is 0 Å². The summed E-state index contributed by atoms with van der Waals surface area (Å²) in [7, 11) is -4.02. The second-order valence-electron chi connectivity index (χ2n) is 8.02. The highest BCUT2D eigenvalue weighted by Gasteiger charge is 2.30. The lowest BCUT2D eigenvalue weighted by atomic mass is 10.1. The van der Waals surface area contributed by atoms with Crippen molar-refractivity contribution in [2.75, 3.05) is 23.7 Å². The van der Waals surface area contributed by atoms with Crippen LogP contribution in [0.4, 0.5) is 15.8 Å². The number of carbonyl (C=O) groups is 2. The summed E-state index contributed by atoms with van der Waals surface area (Å²) in [5.41, 5.74) is 0.140. The number of nitro groups is 1. The van der Waals surface area contributed by atoms with Crippen molar-refractivity contribution in [1.82, 2.24) is 10.2 Å². The Hall–Kier alpha value is -3.54. The fourth-order valence-electron chi connectivity index (χ4n) is 3.28. The molecule has 0 spiro atoms. The van der Waals surface area contributed by atoms with Crippen molar-refractivity contribution in [3.8, 4) is 0 Å². The number of amides is 2. The van der Waals surface area contributed by atoms with Gasteiger partial charge in [0, 0.05) is 25.2 Å². The van der Waals surface area contributed by atoms with Crippen molar-refractivity contribution in [3.63, 3.8) is 0 Å². The van der Waals surface area contributed by atoms with E-state index in [1.807, 2.05) is 6.92 Å². The van der Waals surface area contributed by atoms with E-state index in [0.717, 1.165) is 29.5 Å². The molecule has 2 rings (SSSR count). The fourth-order valence-corrected chi connectivity index (χ4v) is 4.12. The Balaban J connectivity index is 2.38. The van der Waals surface area contributed by atoms with Crippen molar-refractivity contribution in [2.45, 2.75) is 39.3 Å². The molecular weight excluding hydrogens is 479 g/mol. The SMILES string of the molecule is CCCCNC(=O)C(C)N(Cc1ccc(F)cc1)C(=O)CN(c1cccc([N+](=O)[O-])c1)S(C)(=O)=O. The number of benzene rings is 2. The molecule has 1 atom stereocenters. The van der Waals surface area contributed by atoms with E-state index in [4.69, 9.17) is 0 Å². The second kappa shape index (κ2) is 12.2. The molecule has 2 amide bonds. The third-order valence-electron chi connectivity index (χ3n) is 5.27. The lowest BCUT2D eigenvalue weighted by molar-refractivity contribution is -0.384. The van der Waals surface area contributed by atoms with E-state index in [0.29, 0.717) is 12.1 Å². The predicted molar refractivity (Wildman–Crippen MR) is 130 cm³/mol. The smallest absolute Gasteiger partial charge is 0.271 e. The molecule has 0 aromatic heterocycles. The highest BCUT2D eigenvalue weighted by molar-refractivity contribution is 7.92. The van der Waals surface area contributed by atoms with Crippen LogP contribution in [0.3, 0.4) is 0 Å². The van der Waals surface area contributed by atoms with E-state index in [1.165, 1.54) is 54.3 Å². The summed E-state index contributed by atoms with van der Waals surface area (Å²) in [6, 6.07) is 9.32. The van der Waals surface area contributed by atoms with Crippen molar-refractivity contribution >= 4 is 33.2 Å². The molecule has 0 heterocycles. The molecule has 1 N–H and O–H groups in total. The van der Waals surface area contributed by atoms with Crippen LogP contribution in [-0.4, -0.2) is 55.4 Å². The Kier molecular flexibility index (Phi) is 9.69. The number of nitrogens with zero attached hydrogens (tertiary/aromatic N) is 3. The average Bonchev–Trinajstić information content (AvgIpc) is 2.81. The van der Waals surface area contributed by atoms with Gasteiger partial charge in [0.1, 0.15) is 18.4 Å². The zero-order chi connectivity index (χ0) is 26.2. The van der Waals surface area contributed by atoms with Gasteiger partial charge in [-0.05, 0) is 37.1 Å². The molecule has 1 unspecified atom stereocenters. The summed E-state index contributed by atoms with van der Waals surface area (Å²) in [5, 5.41) is 13.9. The van der Waals surface area contributed by atoms with Crippen molar-refractivity contribution in [3.05, 3.63) is 70.0 Å². The molecule has 0 aliphatic rings. The Morgan fingerprint density at radius 3 is 2.40 bits per heavy atom. The summed E-state index contributed by atoms with van der Waals surface area (Å²) in [6.45, 7) is 3.14. The Bertz CT molecular complexity index is 1160. The first-order valence-corrected chi connectivity index (χ1v) is 12.8. The Morgan fingerprint density at radius 2 is 1.83 bits per heavy atom. The van der Waals surface area contributed by atoms with E-state index in [-0.39, 0.29) is 17.9 Å². The number of nitro benzene ring substituents is 1. The van der Waals surface area contributed by atoms with Crippen LogP contribution in [0.15, 0.2) is 48.5 Å². The van der Waals surface area contributed by atoms with Gasteiger partial charge in [-0.15, -0.1) is 0 Å². The minimum atomic E-state index is -4.02. The fraction of sp³-hybridized carbons (Fsp3) is 0.391. The highest BCUT2D eigenvalue weighted by Crippen LogP contribution is 2.24. The van der Waals surface area contributed by atoms with Gasteiger partial charge in [0.05, 0.1) is 16.9 Å². The number of hydrogen-bond acceptors (Lipinski definition) is 6. The molecule has 10 nitrogen and oxygen atoms in total. The quantitative estimate of drug-likeness (QED) is 0.267. The normalized spacial score (nSPS) is 12.0. The zero-order valence-corrected chi connectivity index (χ0v) is 20.6. The van der Waals surface area contributed by atoms with E-state index < -0.39 is 45.2 Å². The molecule has 35 heavy (non-hydrogen) atoms. The molecule has 0 aliphatic carbocycles. The monoisotopic (exact) mass is 508 g/mol. The first-order valence-electron chi connectivity index (χ1n) is 11.0. The van der Waals surface area contributed by atoms with Crippen LogP contribution < -0.4 is 9.62 Å². The van der Waals surface area contributed by atoms with Gasteiger partial charge in [-0.2, -0.15) is 0 Å². The lowest BCUT2D eigenvalue weighted by Gasteiger charge is -2.31. The van der Waals surface area contributed by atoms with Crippen LogP contribution >= 0.6 is 0 Å². The van der Waals surface area contributed by atoms with Crippen LogP contribution in [0, 0.1) is 15.9 Å². The van der Waals surface area contributed by atoms with Gasteiger partial charge < -0.3 is 10.2 Å². The third kappa shape index (κ3) is 8.02. The number of halogens is 1. The number of rotatable bonds is 12. The van der Waals surface area contributed by atoms with Gasteiger partial charge in [0.25, 0.3) is 5.69 Å². The molecular formula is C23H29FN4O6S. The molecule has 2 aromatic carbocycles. The van der Waals surface area contributed by atoms with Crippen molar-refractivity contribution in [2.24, 2.45) is 0 Å². The van der Waals surface area contributed by atoms with Gasteiger partial charge in [-0.3, -0.25) is 24.0 Å².